The molecule has 2 N–H and O–H groups in total. The van der Waals surface area contributed by atoms with Crippen molar-refractivity contribution in [1.82, 2.24) is 4.90 Å². The van der Waals surface area contributed by atoms with E-state index in [4.69, 9.17) is 5.73 Å². The monoisotopic (exact) mass is 284 g/mol. The van der Waals surface area contributed by atoms with Crippen LogP contribution in [0.4, 0.5) is 4.39 Å². The Bertz CT molecular complexity index is 616. The second kappa shape index (κ2) is 5.96. The van der Waals surface area contributed by atoms with Gasteiger partial charge in [0.25, 0.3) is 0 Å². The van der Waals surface area contributed by atoms with E-state index >= 15 is 0 Å². The number of nitrogens with zero attached hydrogens (tertiary/aromatic N) is 1. The molecule has 2 unspecified atom stereocenters. The van der Waals surface area contributed by atoms with E-state index in [1.807, 2.05) is 18.2 Å². The SMILES string of the molecule is CN1CCC(N)C1Cc1cccc(-c2cccc(F)c2)c1. The Morgan fingerprint density at radius 3 is 2.52 bits per heavy atom. The van der Waals surface area contributed by atoms with Gasteiger partial charge in [-0.15, -0.1) is 0 Å². The maximum Gasteiger partial charge on any atom is 0.123 e. The maximum atomic E-state index is 13.4. The van der Waals surface area contributed by atoms with Crippen molar-refractivity contribution in [3.05, 3.63) is 59.9 Å². The first-order chi connectivity index (χ1) is 10.1. The van der Waals surface area contributed by atoms with Crippen LogP contribution in [-0.4, -0.2) is 30.6 Å². The summed E-state index contributed by atoms with van der Waals surface area (Å²) in [6.07, 6.45) is 2.01. The molecule has 2 aromatic rings. The number of hydrogen-bond acceptors (Lipinski definition) is 2. The van der Waals surface area contributed by atoms with Gasteiger partial charge in [-0.2, -0.15) is 0 Å². The zero-order chi connectivity index (χ0) is 14.8. The number of halogens is 1. The van der Waals surface area contributed by atoms with Crippen molar-refractivity contribution in [2.45, 2.75) is 24.9 Å². The maximum absolute atomic E-state index is 13.4. The fourth-order valence-electron chi connectivity index (χ4n) is 3.13. The molecule has 0 spiro atoms. The molecule has 0 radical (unpaired) electrons. The van der Waals surface area contributed by atoms with Gasteiger partial charge in [0.1, 0.15) is 5.82 Å². The molecule has 1 saturated heterocycles. The molecule has 0 aromatic heterocycles. The molecule has 0 saturated carbocycles. The van der Waals surface area contributed by atoms with Gasteiger partial charge in [-0.1, -0.05) is 36.4 Å². The van der Waals surface area contributed by atoms with Crippen LogP contribution in [0.3, 0.4) is 0 Å². The Kier molecular flexibility index (Phi) is 4.04. The predicted molar refractivity (Wildman–Crippen MR) is 84.6 cm³/mol. The number of hydrogen-bond donors (Lipinski definition) is 1. The van der Waals surface area contributed by atoms with E-state index in [9.17, 15) is 4.39 Å². The molecule has 1 heterocycles. The summed E-state index contributed by atoms with van der Waals surface area (Å²) in [5, 5.41) is 0. The van der Waals surface area contributed by atoms with Crippen molar-refractivity contribution in [3.8, 4) is 11.1 Å². The quantitative estimate of drug-likeness (QED) is 0.938. The topological polar surface area (TPSA) is 29.3 Å². The molecule has 1 aliphatic heterocycles. The van der Waals surface area contributed by atoms with E-state index in [-0.39, 0.29) is 11.9 Å². The lowest BCUT2D eigenvalue weighted by molar-refractivity contribution is 0.296. The molecule has 0 aliphatic carbocycles. The van der Waals surface area contributed by atoms with E-state index in [2.05, 4.69) is 24.1 Å². The van der Waals surface area contributed by atoms with E-state index in [1.165, 1.54) is 11.6 Å². The van der Waals surface area contributed by atoms with Crippen LogP contribution in [0.1, 0.15) is 12.0 Å². The zero-order valence-corrected chi connectivity index (χ0v) is 12.3. The summed E-state index contributed by atoms with van der Waals surface area (Å²) in [7, 11) is 2.13. The Hall–Kier alpha value is -1.71. The fourth-order valence-corrected chi connectivity index (χ4v) is 3.13. The third-order valence-corrected chi connectivity index (χ3v) is 4.41. The minimum Gasteiger partial charge on any atom is -0.326 e. The van der Waals surface area contributed by atoms with Crippen LogP contribution in [0.25, 0.3) is 11.1 Å². The molecule has 2 aromatic carbocycles. The molecule has 110 valence electrons. The van der Waals surface area contributed by atoms with E-state index in [1.54, 1.807) is 12.1 Å². The second-order valence-electron chi connectivity index (χ2n) is 5.92. The van der Waals surface area contributed by atoms with Crippen molar-refractivity contribution in [2.75, 3.05) is 13.6 Å². The summed E-state index contributed by atoms with van der Waals surface area (Å²) in [5.74, 6) is -0.199. The Morgan fingerprint density at radius 2 is 1.86 bits per heavy atom. The summed E-state index contributed by atoms with van der Waals surface area (Å²) in [5.41, 5.74) is 9.42. The van der Waals surface area contributed by atoms with Crippen LogP contribution in [0, 0.1) is 5.82 Å². The molecule has 3 rings (SSSR count). The van der Waals surface area contributed by atoms with Gasteiger partial charge in [-0.3, -0.25) is 0 Å². The third kappa shape index (κ3) is 3.14. The molecular formula is C18H21FN2. The molecular weight excluding hydrogens is 263 g/mol. The van der Waals surface area contributed by atoms with Gasteiger partial charge in [0.2, 0.25) is 0 Å². The number of likely N-dealkylation sites (N-methyl/N-ethyl adjacent to an activating group) is 1. The fraction of sp³-hybridized carbons (Fsp3) is 0.333. The molecule has 21 heavy (non-hydrogen) atoms. The first kappa shape index (κ1) is 14.2. The minimum absolute atomic E-state index is 0.199. The van der Waals surface area contributed by atoms with Gasteiger partial charge in [0.15, 0.2) is 0 Å². The number of rotatable bonds is 3. The summed E-state index contributed by atoms with van der Waals surface area (Å²) < 4.78 is 13.4. The highest BCUT2D eigenvalue weighted by Crippen LogP contribution is 2.24. The smallest absolute Gasteiger partial charge is 0.123 e. The number of benzene rings is 2. The van der Waals surface area contributed by atoms with Gasteiger partial charge >= 0.3 is 0 Å². The molecule has 0 bridgehead atoms. The molecule has 2 atom stereocenters. The highest BCUT2D eigenvalue weighted by atomic mass is 19.1. The van der Waals surface area contributed by atoms with Crippen molar-refractivity contribution < 1.29 is 4.39 Å². The van der Waals surface area contributed by atoms with E-state index in [0.29, 0.717) is 6.04 Å². The summed E-state index contributed by atoms with van der Waals surface area (Å²) in [6.45, 7) is 1.06. The summed E-state index contributed by atoms with van der Waals surface area (Å²) in [4.78, 5) is 2.33. The van der Waals surface area contributed by atoms with Gasteiger partial charge in [-0.25, -0.2) is 4.39 Å². The van der Waals surface area contributed by atoms with Crippen molar-refractivity contribution in [1.29, 1.82) is 0 Å². The van der Waals surface area contributed by atoms with Crippen LogP contribution in [0.2, 0.25) is 0 Å². The molecule has 2 nitrogen and oxygen atoms in total. The van der Waals surface area contributed by atoms with Gasteiger partial charge < -0.3 is 10.6 Å². The lowest BCUT2D eigenvalue weighted by Crippen LogP contribution is -2.39. The average Bonchev–Trinajstić information content (AvgIpc) is 2.80. The highest BCUT2D eigenvalue weighted by molar-refractivity contribution is 5.64. The normalized spacial score (nSPS) is 22.6. The molecule has 3 heteroatoms. The Labute approximate surface area is 125 Å². The van der Waals surface area contributed by atoms with E-state index in [0.717, 1.165) is 30.5 Å². The van der Waals surface area contributed by atoms with Crippen molar-refractivity contribution in [3.63, 3.8) is 0 Å². The lowest BCUT2D eigenvalue weighted by Gasteiger charge is -2.23. The minimum atomic E-state index is -0.199. The van der Waals surface area contributed by atoms with Gasteiger partial charge in [0, 0.05) is 12.1 Å². The Morgan fingerprint density at radius 1 is 1.14 bits per heavy atom. The van der Waals surface area contributed by atoms with E-state index < -0.39 is 0 Å². The first-order valence-electron chi connectivity index (χ1n) is 7.44. The Balaban J connectivity index is 1.83. The zero-order valence-electron chi connectivity index (χ0n) is 12.3. The van der Waals surface area contributed by atoms with Crippen LogP contribution >= 0.6 is 0 Å². The largest absolute Gasteiger partial charge is 0.326 e. The summed E-state index contributed by atoms with van der Waals surface area (Å²) in [6, 6.07) is 15.7. The highest BCUT2D eigenvalue weighted by Gasteiger charge is 2.28. The molecule has 0 amide bonds. The van der Waals surface area contributed by atoms with Crippen LogP contribution in [0.5, 0.6) is 0 Å². The summed E-state index contributed by atoms with van der Waals surface area (Å²) >= 11 is 0. The average molecular weight is 284 g/mol. The van der Waals surface area contributed by atoms with Gasteiger partial charge in [0.05, 0.1) is 0 Å². The first-order valence-corrected chi connectivity index (χ1v) is 7.44. The van der Waals surface area contributed by atoms with Crippen LogP contribution in [-0.2, 0) is 6.42 Å². The molecule has 1 aliphatic rings. The third-order valence-electron chi connectivity index (χ3n) is 4.41. The lowest BCUT2D eigenvalue weighted by atomic mass is 9.97. The standard InChI is InChI=1S/C18H21FN2/c1-21-9-8-17(20)18(21)11-13-4-2-5-14(10-13)15-6-3-7-16(19)12-15/h2-7,10,12,17-18H,8-9,11,20H2,1H3. The van der Waals surface area contributed by atoms with Crippen LogP contribution < -0.4 is 5.73 Å². The van der Waals surface area contributed by atoms with Gasteiger partial charge in [-0.05, 0) is 55.3 Å². The van der Waals surface area contributed by atoms with Crippen molar-refractivity contribution >= 4 is 0 Å². The second-order valence-corrected chi connectivity index (χ2v) is 5.92. The molecule has 1 fully saturated rings. The number of nitrogens with two attached hydrogens (primary N) is 1. The van der Waals surface area contributed by atoms with Crippen molar-refractivity contribution in [2.24, 2.45) is 5.73 Å². The van der Waals surface area contributed by atoms with Crippen LogP contribution in [0.15, 0.2) is 48.5 Å². The number of likely N-dealkylation sites (tertiary alicyclic amines) is 1. The predicted octanol–water partition coefficient (Wildman–Crippen LogP) is 3.07.